The second-order valence-corrected chi connectivity index (χ2v) is 6.87. The molecule has 126 valence electrons. The fourth-order valence-corrected chi connectivity index (χ4v) is 4.56. The van der Waals surface area contributed by atoms with Crippen molar-refractivity contribution in [1.29, 1.82) is 0 Å². The molecule has 3 amide bonds. The molecular formula is C17H13N3O4S. The Balaban J connectivity index is 1.69. The van der Waals surface area contributed by atoms with Gasteiger partial charge in [0.25, 0.3) is 11.6 Å². The van der Waals surface area contributed by atoms with Crippen LogP contribution in [0.1, 0.15) is 10.9 Å². The molecule has 2 saturated heterocycles. The number of rotatable bonds is 3. The lowest BCUT2D eigenvalue weighted by Crippen LogP contribution is -2.33. The van der Waals surface area contributed by atoms with Crippen molar-refractivity contribution in [3.8, 4) is 0 Å². The lowest BCUT2D eigenvalue weighted by molar-refractivity contribution is -0.384. The van der Waals surface area contributed by atoms with E-state index >= 15 is 0 Å². The number of anilines is 1. The Morgan fingerprint density at radius 1 is 1.08 bits per heavy atom. The number of fused-ring (bicyclic) bond motifs is 1. The molecular weight excluding hydrogens is 342 g/mol. The molecule has 0 saturated carbocycles. The predicted molar refractivity (Wildman–Crippen MR) is 93.2 cm³/mol. The van der Waals surface area contributed by atoms with E-state index in [-0.39, 0.29) is 17.6 Å². The molecule has 2 atom stereocenters. The summed E-state index contributed by atoms with van der Waals surface area (Å²) in [5.41, 5.74) is 1.16. The Bertz CT molecular complexity index is 873. The van der Waals surface area contributed by atoms with Crippen molar-refractivity contribution < 1.29 is 14.5 Å². The van der Waals surface area contributed by atoms with Crippen LogP contribution in [0.25, 0.3) is 0 Å². The second kappa shape index (κ2) is 5.89. The van der Waals surface area contributed by atoms with Crippen LogP contribution in [-0.2, 0) is 4.79 Å². The summed E-state index contributed by atoms with van der Waals surface area (Å²) < 4.78 is 0. The molecule has 0 unspecified atom stereocenters. The van der Waals surface area contributed by atoms with E-state index < -0.39 is 16.3 Å². The molecule has 4 rings (SSSR count). The van der Waals surface area contributed by atoms with Crippen molar-refractivity contribution in [2.75, 3.05) is 10.7 Å². The van der Waals surface area contributed by atoms with Gasteiger partial charge >= 0.3 is 6.03 Å². The number of carbonyl (C=O) groups is 2. The Labute approximate surface area is 147 Å². The minimum Gasteiger partial charge on any atom is -0.295 e. The lowest BCUT2D eigenvalue weighted by Gasteiger charge is -2.22. The van der Waals surface area contributed by atoms with Crippen LogP contribution in [0.4, 0.5) is 16.2 Å². The van der Waals surface area contributed by atoms with E-state index in [1.807, 2.05) is 6.07 Å². The molecule has 2 aromatic carbocycles. The van der Waals surface area contributed by atoms with Gasteiger partial charge in [0, 0.05) is 17.9 Å². The van der Waals surface area contributed by atoms with Crippen molar-refractivity contribution in [2.24, 2.45) is 0 Å². The first-order chi connectivity index (χ1) is 12.1. The second-order valence-electron chi connectivity index (χ2n) is 5.75. The summed E-state index contributed by atoms with van der Waals surface area (Å²) in [5, 5.41) is 10.6. The van der Waals surface area contributed by atoms with Crippen LogP contribution < -0.4 is 4.90 Å². The van der Waals surface area contributed by atoms with Crippen LogP contribution in [0.3, 0.4) is 0 Å². The molecule has 8 heteroatoms. The Hall–Kier alpha value is -2.87. The topological polar surface area (TPSA) is 83.8 Å². The number of hydrogen-bond acceptors (Lipinski definition) is 5. The van der Waals surface area contributed by atoms with Gasteiger partial charge in [-0.15, -0.1) is 11.8 Å². The molecule has 0 N–H and O–H groups in total. The highest BCUT2D eigenvalue weighted by Gasteiger charge is 2.53. The molecule has 7 nitrogen and oxygen atoms in total. The molecule has 0 spiro atoms. The van der Waals surface area contributed by atoms with Crippen LogP contribution in [0, 0.1) is 10.1 Å². The monoisotopic (exact) mass is 355 g/mol. The number of imide groups is 1. The third-order valence-electron chi connectivity index (χ3n) is 4.30. The summed E-state index contributed by atoms with van der Waals surface area (Å²) in [6.45, 7) is 0. The van der Waals surface area contributed by atoms with Crippen molar-refractivity contribution in [2.45, 2.75) is 11.4 Å². The van der Waals surface area contributed by atoms with E-state index in [9.17, 15) is 19.7 Å². The van der Waals surface area contributed by atoms with Crippen molar-refractivity contribution >= 4 is 35.1 Å². The number of thioether (sulfide) groups is 1. The maximum Gasteiger partial charge on any atom is 0.333 e. The molecule has 0 radical (unpaired) electrons. The smallest absolute Gasteiger partial charge is 0.295 e. The number of nitrogens with zero attached hydrogens (tertiary/aromatic N) is 3. The SMILES string of the molecule is O=C1[C@H]2CS[C@@H](c3cccc([N+](=O)[O-])c3)N2C(=O)N1c1ccccc1. The van der Waals surface area contributed by atoms with Gasteiger partial charge in [0.2, 0.25) is 0 Å². The van der Waals surface area contributed by atoms with E-state index in [0.717, 1.165) is 0 Å². The summed E-state index contributed by atoms with van der Waals surface area (Å²) in [6.07, 6.45) is 0. The zero-order chi connectivity index (χ0) is 17.6. The number of para-hydroxylation sites is 1. The van der Waals surface area contributed by atoms with Gasteiger partial charge in [-0.1, -0.05) is 30.3 Å². The van der Waals surface area contributed by atoms with Crippen LogP contribution in [0.2, 0.25) is 0 Å². The molecule has 25 heavy (non-hydrogen) atoms. The first-order valence-electron chi connectivity index (χ1n) is 7.65. The zero-order valence-corrected chi connectivity index (χ0v) is 13.8. The van der Waals surface area contributed by atoms with Gasteiger partial charge in [0.1, 0.15) is 11.4 Å². The van der Waals surface area contributed by atoms with E-state index in [1.165, 1.54) is 33.7 Å². The van der Waals surface area contributed by atoms with Gasteiger partial charge in [-0.25, -0.2) is 9.69 Å². The van der Waals surface area contributed by atoms with E-state index in [0.29, 0.717) is 17.0 Å². The van der Waals surface area contributed by atoms with Crippen LogP contribution >= 0.6 is 11.8 Å². The highest BCUT2D eigenvalue weighted by Crippen LogP contribution is 2.46. The summed E-state index contributed by atoms with van der Waals surface area (Å²) in [4.78, 5) is 38.8. The third kappa shape index (κ3) is 2.45. The normalized spacial score (nSPS) is 22.4. The highest BCUT2D eigenvalue weighted by atomic mass is 32.2. The van der Waals surface area contributed by atoms with E-state index in [4.69, 9.17) is 0 Å². The first kappa shape index (κ1) is 15.6. The minimum atomic E-state index is -0.540. The van der Waals surface area contributed by atoms with Crippen molar-refractivity contribution in [3.63, 3.8) is 0 Å². The zero-order valence-electron chi connectivity index (χ0n) is 12.9. The van der Waals surface area contributed by atoms with Gasteiger partial charge in [-0.05, 0) is 17.7 Å². The fourth-order valence-electron chi connectivity index (χ4n) is 3.15. The number of nitro benzene ring substituents is 1. The summed E-state index contributed by atoms with van der Waals surface area (Å²) >= 11 is 1.45. The fraction of sp³-hybridized carbons (Fsp3) is 0.176. The molecule has 0 aliphatic carbocycles. The minimum absolute atomic E-state index is 0.0283. The first-order valence-corrected chi connectivity index (χ1v) is 8.70. The Morgan fingerprint density at radius 3 is 2.56 bits per heavy atom. The number of hydrogen-bond donors (Lipinski definition) is 0. The Kier molecular flexibility index (Phi) is 3.69. The average Bonchev–Trinajstić information content (AvgIpc) is 3.16. The highest BCUT2D eigenvalue weighted by molar-refractivity contribution is 7.99. The summed E-state index contributed by atoms with van der Waals surface area (Å²) in [7, 11) is 0. The number of non-ortho nitro benzene ring substituents is 1. The number of urea groups is 1. The molecule has 2 aliphatic rings. The summed E-state index contributed by atoms with van der Waals surface area (Å²) in [6, 6.07) is 14.1. The van der Waals surface area contributed by atoms with Crippen LogP contribution in [0.15, 0.2) is 54.6 Å². The van der Waals surface area contributed by atoms with Gasteiger partial charge in [-0.3, -0.25) is 19.8 Å². The van der Waals surface area contributed by atoms with E-state index in [2.05, 4.69) is 0 Å². The molecule has 2 fully saturated rings. The molecule has 2 aromatic rings. The average molecular weight is 355 g/mol. The van der Waals surface area contributed by atoms with Gasteiger partial charge in [0.15, 0.2) is 0 Å². The molecule has 0 aromatic heterocycles. The molecule has 2 aliphatic heterocycles. The van der Waals surface area contributed by atoms with Crippen molar-refractivity contribution in [1.82, 2.24) is 4.90 Å². The van der Waals surface area contributed by atoms with Gasteiger partial charge < -0.3 is 0 Å². The number of carbonyl (C=O) groups excluding carboxylic acids is 2. The largest absolute Gasteiger partial charge is 0.333 e. The summed E-state index contributed by atoms with van der Waals surface area (Å²) in [5.74, 6) is 0.220. The Morgan fingerprint density at radius 2 is 1.84 bits per heavy atom. The maximum absolute atomic E-state index is 12.9. The van der Waals surface area contributed by atoms with Gasteiger partial charge in [0.05, 0.1) is 10.6 Å². The lowest BCUT2D eigenvalue weighted by atomic mass is 10.1. The third-order valence-corrected chi connectivity index (χ3v) is 5.62. The quantitative estimate of drug-likeness (QED) is 0.480. The van der Waals surface area contributed by atoms with Crippen molar-refractivity contribution in [3.05, 3.63) is 70.3 Å². The maximum atomic E-state index is 12.9. The molecule has 2 heterocycles. The predicted octanol–water partition coefficient (Wildman–Crippen LogP) is 3.18. The number of amides is 3. The van der Waals surface area contributed by atoms with Crippen LogP contribution in [0.5, 0.6) is 0 Å². The van der Waals surface area contributed by atoms with Gasteiger partial charge in [-0.2, -0.15) is 0 Å². The molecule has 0 bridgehead atoms. The number of benzene rings is 2. The number of nitro groups is 1. The standard InChI is InChI=1S/C17H13N3O4S/c21-15-14-10-25-16(11-5-4-8-13(9-11)20(23)24)19(14)17(22)18(15)12-6-2-1-3-7-12/h1-9,14,16H,10H2/t14-,16+/m1/s1. The van der Waals surface area contributed by atoms with Crippen LogP contribution in [-0.4, -0.2) is 33.6 Å². The van der Waals surface area contributed by atoms with E-state index in [1.54, 1.807) is 36.4 Å².